The summed E-state index contributed by atoms with van der Waals surface area (Å²) < 4.78 is 28.1. The number of halogens is 1. The Morgan fingerprint density at radius 1 is 0.828 bits per heavy atom. The van der Waals surface area contributed by atoms with Gasteiger partial charge in [0, 0.05) is 17.7 Å². The average molecular weight is 399 g/mol. The van der Waals surface area contributed by atoms with Crippen molar-refractivity contribution in [2.24, 2.45) is 4.99 Å². The summed E-state index contributed by atoms with van der Waals surface area (Å²) in [7, 11) is -1.41. The zero-order chi connectivity index (χ0) is 19.8. The molecule has 29 heavy (non-hydrogen) atoms. The van der Waals surface area contributed by atoms with Gasteiger partial charge < -0.3 is 0 Å². The number of benzene rings is 4. The van der Waals surface area contributed by atoms with E-state index in [4.69, 9.17) is 4.99 Å². The van der Waals surface area contributed by atoms with Crippen LogP contribution in [0.3, 0.4) is 0 Å². The van der Waals surface area contributed by atoms with Gasteiger partial charge in [0.1, 0.15) is 5.82 Å². The van der Waals surface area contributed by atoms with Crippen molar-refractivity contribution in [3.05, 3.63) is 108 Å². The standard InChI is InChI=1S/C25H18FNOS/c26-21-10-4-3-9-20(21)25-16-23(27-22-11-5-6-12-24(22)29(25)28)19-14-13-17-7-1-2-8-18(17)15-19/h1-15,25H,16H2/t25-,29+/m0/s1. The van der Waals surface area contributed by atoms with Crippen LogP contribution in [0.25, 0.3) is 10.8 Å². The van der Waals surface area contributed by atoms with E-state index < -0.39 is 16.0 Å². The minimum atomic E-state index is -1.41. The van der Waals surface area contributed by atoms with Crippen molar-refractivity contribution in [3.63, 3.8) is 0 Å². The number of aliphatic imine (C=N–C) groups is 1. The van der Waals surface area contributed by atoms with E-state index in [1.165, 1.54) is 6.07 Å². The second kappa shape index (κ2) is 7.37. The predicted molar refractivity (Wildman–Crippen MR) is 117 cm³/mol. The maximum absolute atomic E-state index is 14.6. The lowest BCUT2D eigenvalue weighted by Crippen LogP contribution is -2.13. The number of fused-ring (bicyclic) bond motifs is 2. The predicted octanol–water partition coefficient (Wildman–Crippen LogP) is 6.35. The van der Waals surface area contributed by atoms with Crippen molar-refractivity contribution in [2.75, 3.05) is 0 Å². The highest BCUT2D eigenvalue weighted by atomic mass is 32.2. The maximum Gasteiger partial charge on any atom is 0.127 e. The first-order valence-corrected chi connectivity index (χ1v) is 10.7. The molecule has 0 aromatic heterocycles. The lowest BCUT2D eigenvalue weighted by Gasteiger charge is -2.17. The molecular formula is C25H18FNOS. The maximum atomic E-state index is 14.6. The van der Waals surface area contributed by atoms with Crippen molar-refractivity contribution in [2.45, 2.75) is 16.6 Å². The number of nitrogens with zero attached hydrogens (tertiary/aromatic N) is 1. The third-order valence-electron chi connectivity index (χ3n) is 5.31. The molecule has 1 aliphatic heterocycles. The van der Waals surface area contributed by atoms with Gasteiger partial charge in [0.2, 0.25) is 0 Å². The van der Waals surface area contributed by atoms with E-state index in [0.717, 1.165) is 22.0 Å². The number of hydrogen-bond acceptors (Lipinski definition) is 2. The van der Waals surface area contributed by atoms with Crippen LogP contribution < -0.4 is 0 Å². The first-order valence-electron chi connectivity index (χ1n) is 9.51. The summed E-state index contributed by atoms with van der Waals surface area (Å²) in [5.74, 6) is -0.330. The van der Waals surface area contributed by atoms with Gasteiger partial charge in [-0.1, -0.05) is 66.7 Å². The van der Waals surface area contributed by atoms with Gasteiger partial charge in [-0.3, -0.25) is 9.20 Å². The van der Waals surface area contributed by atoms with E-state index >= 15 is 0 Å². The first kappa shape index (κ1) is 18.0. The van der Waals surface area contributed by atoms with Crippen molar-refractivity contribution in [3.8, 4) is 0 Å². The van der Waals surface area contributed by atoms with Gasteiger partial charge in [-0.2, -0.15) is 0 Å². The molecule has 142 valence electrons. The summed E-state index contributed by atoms with van der Waals surface area (Å²) in [5.41, 5.74) is 2.95. The summed E-state index contributed by atoms with van der Waals surface area (Å²) in [6.07, 6.45) is 0.403. The molecule has 0 amide bonds. The van der Waals surface area contributed by atoms with E-state index in [1.807, 2.05) is 42.5 Å². The SMILES string of the molecule is O=[S@@]1c2ccccc2N=C(c2ccc3ccccc3c2)C[C@H]1c1ccccc1F. The van der Waals surface area contributed by atoms with E-state index in [0.29, 0.717) is 22.6 Å². The highest BCUT2D eigenvalue weighted by Crippen LogP contribution is 2.39. The molecule has 5 rings (SSSR count). The smallest absolute Gasteiger partial charge is 0.127 e. The fraction of sp³-hybridized carbons (Fsp3) is 0.0800. The zero-order valence-electron chi connectivity index (χ0n) is 15.6. The van der Waals surface area contributed by atoms with Crippen molar-refractivity contribution >= 4 is 33.0 Å². The molecule has 0 saturated heterocycles. The van der Waals surface area contributed by atoms with Crippen LogP contribution >= 0.6 is 0 Å². The molecular weight excluding hydrogens is 381 g/mol. The van der Waals surface area contributed by atoms with Crippen molar-refractivity contribution < 1.29 is 8.60 Å². The molecule has 4 aromatic rings. The van der Waals surface area contributed by atoms with Gasteiger partial charge in [-0.25, -0.2) is 4.39 Å². The van der Waals surface area contributed by atoms with Crippen LogP contribution in [0.4, 0.5) is 10.1 Å². The quantitative estimate of drug-likeness (QED) is 0.386. The van der Waals surface area contributed by atoms with Crippen molar-refractivity contribution in [1.82, 2.24) is 0 Å². The van der Waals surface area contributed by atoms with Gasteiger partial charge in [-0.15, -0.1) is 0 Å². The highest BCUT2D eigenvalue weighted by Gasteiger charge is 2.29. The lowest BCUT2D eigenvalue weighted by atomic mass is 9.98. The Labute approximate surface area is 171 Å². The highest BCUT2D eigenvalue weighted by molar-refractivity contribution is 7.85. The Balaban J connectivity index is 1.69. The van der Waals surface area contributed by atoms with Crippen LogP contribution in [0.15, 0.2) is 101 Å². The Bertz CT molecular complexity index is 1280. The molecule has 1 aliphatic rings. The summed E-state index contributed by atoms with van der Waals surface area (Å²) in [6.45, 7) is 0. The van der Waals surface area contributed by atoms with Crippen molar-refractivity contribution in [1.29, 1.82) is 0 Å². The number of rotatable bonds is 2. The third-order valence-corrected chi connectivity index (χ3v) is 7.03. The minimum absolute atomic E-state index is 0.330. The normalized spacial score (nSPS) is 18.7. The van der Waals surface area contributed by atoms with Crippen LogP contribution in [0.5, 0.6) is 0 Å². The molecule has 1 heterocycles. The average Bonchev–Trinajstić information content (AvgIpc) is 2.91. The fourth-order valence-electron chi connectivity index (χ4n) is 3.83. The van der Waals surface area contributed by atoms with Crippen LogP contribution in [0.2, 0.25) is 0 Å². The van der Waals surface area contributed by atoms with Gasteiger partial charge in [0.25, 0.3) is 0 Å². The Morgan fingerprint density at radius 2 is 1.55 bits per heavy atom. The van der Waals surface area contributed by atoms with Crippen LogP contribution in [-0.4, -0.2) is 9.92 Å². The van der Waals surface area contributed by atoms with E-state index in [-0.39, 0.29) is 5.82 Å². The van der Waals surface area contributed by atoms with Gasteiger partial charge in [0.05, 0.1) is 26.6 Å². The molecule has 0 bridgehead atoms. The summed E-state index contributed by atoms with van der Waals surface area (Å²) in [6, 6.07) is 28.4. The topological polar surface area (TPSA) is 29.4 Å². The second-order valence-corrected chi connectivity index (χ2v) is 8.70. The molecule has 0 unspecified atom stereocenters. The molecule has 0 saturated carbocycles. The summed E-state index contributed by atoms with van der Waals surface area (Å²) in [5, 5.41) is 1.78. The third kappa shape index (κ3) is 3.30. The summed E-state index contributed by atoms with van der Waals surface area (Å²) >= 11 is 0. The molecule has 0 spiro atoms. The largest absolute Gasteiger partial charge is 0.254 e. The fourth-order valence-corrected chi connectivity index (χ4v) is 5.40. The molecule has 0 N–H and O–H groups in total. The minimum Gasteiger partial charge on any atom is -0.254 e. The summed E-state index contributed by atoms with van der Waals surface area (Å²) in [4.78, 5) is 5.52. The van der Waals surface area contributed by atoms with Crippen LogP contribution in [0, 0.1) is 5.82 Å². The van der Waals surface area contributed by atoms with Crippen LogP contribution in [0.1, 0.15) is 22.8 Å². The molecule has 2 atom stereocenters. The molecule has 0 radical (unpaired) electrons. The van der Waals surface area contributed by atoms with E-state index in [9.17, 15) is 8.60 Å². The zero-order valence-corrected chi connectivity index (χ0v) is 16.4. The van der Waals surface area contributed by atoms with Gasteiger partial charge in [0.15, 0.2) is 0 Å². The molecule has 0 aliphatic carbocycles. The van der Waals surface area contributed by atoms with Gasteiger partial charge in [-0.05, 0) is 40.6 Å². The van der Waals surface area contributed by atoms with E-state index in [2.05, 4.69) is 24.3 Å². The Hall–Kier alpha value is -3.11. The lowest BCUT2D eigenvalue weighted by molar-refractivity contribution is 0.604. The second-order valence-electron chi connectivity index (χ2n) is 7.10. The van der Waals surface area contributed by atoms with Gasteiger partial charge >= 0.3 is 0 Å². The molecule has 4 aromatic carbocycles. The molecule has 0 fully saturated rings. The molecule has 4 heteroatoms. The number of para-hydroxylation sites is 1. The Morgan fingerprint density at radius 3 is 2.41 bits per heavy atom. The first-order chi connectivity index (χ1) is 14.2. The monoisotopic (exact) mass is 399 g/mol. The van der Waals surface area contributed by atoms with Crippen LogP contribution in [-0.2, 0) is 10.8 Å². The Kier molecular flexibility index (Phi) is 4.57. The van der Waals surface area contributed by atoms with E-state index in [1.54, 1.807) is 18.2 Å². The number of hydrogen-bond donors (Lipinski definition) is 0. The molecule has 2 nitrogen and oxygen atoms in total.